The first-order valence-electron chi connectivity index (χ1n) is 5.09. The second-order valence-electron chi connectivity index (χ2n) is 4.08. The third kappa shape index (κ3) is 1.82. The number of hydrogen-bond donors (Lipinski definition) is 1. The van der Waals surface area contributed by atoms with E-state index in [1.165, 1.54) is 16.0 Å². The van der Waals surface area contributed by atoms with Crippen LogP contribution in [0.15, 0.2) is 23.1 Å². The number of thioether (sulfide) groups is 1. The van der Waals surface area contributed by atoms with E-state index in [0.29, 0.717) is 5.92 Å². The minimum absolute atomic E-state index is 0.189. The van der Waals surface area contributed by atoms with Crippen molar-refractivity contribution >= 4 is 11.8 Å². The van der Waals surface area contributed by atoms with E-state index < -0.39 is 0 Å². The minimum atomic E-state index is -0.189. The fraction of sp³-hybridized carbons (Fsp3) is 0.500. The Bertz CT molecular complexity index is 333. The first kappa shape index (κ1) is 10.1. The number of fused-ring (bicyclic) bond motifs is 1. The predicted molar refractivity (Wildman–Crippen MR) is 60.9 cm³/mol. The fourth-order valence-electron chi connectivity index (χ4n) is 2.17. The maximum absolute atomic E-state index is 9.42. The molecule has 1 aromatic rings. The molecule has 1 nitrogen and oxygen atoms in total. The molecule has 0 radical (unpaired) electrons. The van der Waals surface area contributed by atoms with Crippen LogP contribution >= 0.6 is 11.8 Å². The van der Waals surface area contributed by atoms with E-state index in [1.54, 1.807) is 0 Å². The Morgan fingerprint density at radius 3 is 3.07 bits per heavy atom. The summed E-state index contributed by atoms with van der Waals surface area (Å²) < 4.78 is 0. The number of benzene rings is 1. The van der Waals surface area contributed by atoms with Crippen molar-refractivity contribution in [3.63, 3.8) is 0 Å². The highest BCUT2D eigenvalue weighted by atomic mass is 32.2. The molecular formula is C12H16OS. The molecule has 2 rings (SSSR count). The lowest BCUT2D eigenvalue weighted by Crippen LogP contribution is -2.08. The average molecular weight is 208 g/mol. The molecule has 0 amide bonds. The molecule has 14 heavy (non-hydrogen) atoms. The molecule has 2 unspecified atom stereocenters. The highest BCUT2D eigenvalue weighted by molar-refractivity contribution is 7.99. The topological polar surface area (TPSA) is 20.2 Å². The molecule has 0 bridgehead atoms. The lowest BCUT2D eigenvalue weighted by Gasteiger charge is -2.14. The van der Waals surface area contributed by atoms with Crippen molar-refractivity contribution in [2.75, 3.05) is 5.75 Å². The molecule has 2 atom stereocenters. The normalized spacial score (nSPS) is 22.1. The number of aliphatic hydroxyl groups is 1. The van der Waals surface area contributed by atoms with E-state index in [-0.39, 0.29) is 6.10 Å². The molecule has 0 aromatic heterocycles. The highest BCUT2D eigenvalue weighted by Gasteiger charge is 2.25. The zero-order chi connectivity index (χ0) is 10.1. The summed E-state index contributed by atoms with van der Waals surface area (Å²) in [6.45, 7) is 4.04. The number of hydrogen-bond acceptors (Lipinski definition) is 2. The third-order valence-corrected chi connectivity index (χ3v) is 3.99. The summed E-state index contributed by atoms with van der Waals surface area (Å²) in [4.78, 5) is 1.41. The zero-order valence-electron chi connectivity index (χ0n) is 8.66. The maximum Gasteiger partial charge on any atom is 0.0518 e. The summed E-state index contributed by atoms with van der Waals surface area (Å²) in [6, 6.07) is 6.47. The lowest BCUT2D eigenvalue weighted by molar-refractivity contribution is 0.177. The zero-order valence-corrected chi connectivity index (χ0v) is 9.47. The monoisotopic (exact) mass is 208 g/mol. The third-order valence-electron chi connectivity index (χ3n) is 2.76. The van der Waals surface area contributed by atoms with Gasteiger partial charge in [0, 0.05) is 10.6 Å². The molecule has 76 valence electrons. The Hall–Kier alpha value is -0.470. The van der Waals surface area contributed by atoms with Crippen LogP contribution in [0.4, 0.5) is 0 Å². The predicted octanol–water partition coefficient (Wildman–Crippen LogP) is 2.96. The summed E-state index contributed by atoms with van der Waals surface area (Å²) >= 11 is 1.92. The molecule has 0 fully saturated rings. The first-order valence-corrected chi connectivity index (χ1v) is 6.07. The van der Waals surface area contributed by atoms with Crippen LogP contribution in [0.1, 0.15) is 30.4 Å². The summed E-state index contributed by atoms with van der Waals surface area (Å²) in [7, 11) is 0. The molecular weight excluding hydrogens is 192 g/mol. The molecule has 1 N–H and O–H groups in total. The Morgan fingerprint density at radius 1 is 1.57 bits per heavy atom. The van der Waals surface area contributed by atoms with Crippen molar-refractivity contribution in [3.8, 4) is 0 Å². The molecule has 0 aliphatic carbocycles. The van der Waals surface area contributed by atoms with E-state index in [0.717, 1.165) is 12.2 Å². The van der Waals surface area contributed by atoms with Gasteiger partial charge in [-0.1, -0.05) is 12.1 Å². The van der Waals surface area contributed by atoms with Gasteiger partial charge < -0.3 is 5.11 Å². The van der Waals surface area contributed by atoms with Crippen molar-refractivity contribution < 1.29 is 5.11 Å². The van der Waals surface area contributed by atoms with Crippen LogP contribution in [-0.4, -0.2) is 17.0 Å². The van der Waals surface area contributed by atoms with Gasteiger partial charge in [-0.25, -0.2) is 0 Å². The minimum Gasteiger partial charge on any atom is -0.393 e. The Morgan fingerprint density at radius 2 is 2.36 bits per heavy atom. The standard InChI is InChI=1S/C12H16OS/c1-8-4-3-5-11-12(8)10(7-14-11)6-9(2)13/h3-5,9-10,13H,6-7H2,1-2H3. The second kappa shape index (κ2) is 3.95. The smallest absolute Gasteiger partial charge is 0.0518 e. The largest absolute Gasteiger partial charge is 0.393 e. The van der Waals surface area contributed by atoms with Crippen LogP contribution < -0.4 is 0 Å². The Labute approximate surface area is 89.5 Å². The van der Waals surface area contributed by atoms with Crippen molar-refractivity contribution in [1.82, 2.24) is 0 Å². The molecule has 0 saturated carbocycles. The van der Waals surface area contributed by atoms with Gasteiger partial charge in [-0.3, -0.25) is 0 Å². The number of rotatable bonds is 2. The van der Waals surface area contributed by atoms with Gasteiger partial charge in [-0.15, -0.1) is 11.8 Å². The number of aryl methyl sites for hydroxylation is 1. The van der Waals surface area contributed by atoms with Crippen molar-refractivity contribution in [2.24, 2.45) is 0 Å². The highest BCUT2D eigenvalue weighted by Crippen LogP contribution is 2.43. The van der Waals surface area contributed by atoms with E-state index in [2.05, 4.69) is 25.1 Å². The second-order valence-corrected chi connectivity index (χ2v) is 5.14. The first-order chi connectivity index (χ1) is 6.68. The van der Waals surface area contributed by atoms with E-state index in [1.807, 2.05) is 18.7 Å². The molecule has 0 saturated heterocycles. The molecule has 1 heterocycles. The molecule has 1 aliphatic rings. The van der Waals surface area contributed by atoms with Crippen LogP contribution in [0.5, 0.6) is 0 Å². The quantitative estimate of drug-likeness (QED) is 0.806. The maximum atomic E-state index is 9.42. The van der Waals surface area contributed by atoms with Crippen molar-refractivity contribution in [3.05, 3.63) is 29.3 Å². The van der Waals surface area contributed by atoms with Crippen LogP contribution in [-0.2, 0) is 0 Å². The van der Waals surface area contributed by atoms with Gasteiger partial charge >= 0.3 is 0 Å². The van der Waals surface area contributed by atoms with Crippen LogP contribution in [0, 0.1) is 6.92 Å². The van der Waals surface area contributed by atoms with Crippen LogP contribution in [0.3, 0.4) is 0 Å². The summed E-state index contributed by atoms with van der Waals surface area (Å²) in [5.74, 6) is 1.68. The lowest BCUT2D eigenvalue weighted by atomic mass is 9.92. The van der Waals surface area contributed by atoms with E-state index in [9.17, 15) is 5.11 Å². The number of aliphatic hydroxyl groups excluding tert-OH is 1. The molecule has 1 aromatic carbocycles. The van der Waals surface area contributed by atoms with Gasteiger partial charge in [-0.2, -0.15) is 0 Å². The van der Waals surface area contributed by atoms with E-state index in [4.69, 9.17) is 0 Å². The summed E-state index contributed by atoms with van der Waals surface area (Å²) in [5, 5.41) is 9.42. The Kier molecular flexibility index (Phi) is 2.84. The van der Waals surface area contributed by atoms with Gasteiger partial charge in [0.25, 0.3) is 0 Å². The fourth-order valence-corrected chi connectivity index (χ4v) is 3.52. The SMILES string of the molecule is Cc1cccc2c1C(CC(C)O)CS2. The summed E-state index contributed by atoms with van der Waals surface area (Å²) in [6.07, 6.45) is 0.705. The molecule has 2 heteroatoms. The summed E-state index contributed by atoms with van der Waals surface area (Å²) in [5.41, 5.74) is 2.84. The van der Waals surface area contributed by atoms with Crippen molar-refractivity contribution in [2.45, 2.75) is 37.2 Å². The van der Waals surface area contributed by atoms with Crippen LogP contribution in [0.2, 0.25) is 0 Å². The van der Waals surface area contributed by atoms with Gasteiger partial charge in [0.2, 0.25) is 0 Å². The van der Waals surface area contributed by atoms with Gasteiger partial charge in [-0.05, 0) is 43.4 Å². The van der Waals surface area contributed by atoms with Crippen LogP contribution in [0.25, 0.3) is 0 Å². The Balaban J connectivity index is 2.29. The van der Waals surface area contributed by atoms with Crippen molar-refractivity contribution in [1.29, 1.82) is 0 Å². The van der Waals surface area contributed by atoms with E-state index >= 15 is 0 Å². The molecule has 1 aliphatic heterocycles. The molecule has 0 spiro atoms. The van der Waals surface area contributed by atoms with Gasteiger partial charge in [0.05, 0.1) is 6.10 Å². The van der Waals surface area contributed by atoms with Gasteiger partial charge in [0.1, 0.15) is 0 Å². The van der Waals surface area contributed by atoms with Gasteiger partial charge in [0.15, 0.2) is 0 Å². The average Bonchev–Trinajstić information content (AvgIpc) is 2.49.